The minimum atomic E-state index is -1.86. The molecular formula is C42H30F8O8S2. The number of phenolic OH excluding ortho intramolecular Hbond substituents is 4. The Labute approximate surface area is 341 Å². The lowest BCUT2D eigenvalue weighted by Gasteiger charge is -2.24. The number of rotatable bonds is 9. The van der Waals surface area contributed by atoms with Gasteiger partial charge in [0.15, 0.2) is 68.9 Å². The fourth-order valence-corrected chi connectivity index (χ4v) is 9.44. The molecule has 0 atom stereocenters. The third kappa shape index (κ3) is 6.63. The van der Waals surface area contributed by atoms with Crippen molar-refractivity contribution in [1.29, 1.82) is 0 Å². The van der Waals surface area contributed by atoms with Gasteiger partial charge in [-0.1, -0.05) is 27.7 Å². The Balaban J connectivity index is 1.74. The summed E-state index contributed by atoms with van der Waals surface area (Å²) >= 11 is 0.0833. The molecule has 18 heteroatoms. The highest BCUT2D eigenvalue weighted by Crippen LogP contribution is 2.55. The van der Waals surface area contributed by atoms with Crippen molar-refractivity contribution in [1.82, 2.24) is 0 Å². The number of phenols is 4. The Bertz CT molecular complexity index is 2980. The summed E-state index contributed by atoms with van der Waals surface area (Å²) in [5.74, 6) is -21.6. The fraction of sp³-hybridized carbons (Fsp3) is 0.238. The topological polar surface area (TPSA) is 149 Å². The summed E-state index contributed by atoms with van der Waals surface area (Å²) in [6.07, 6.45) is 0. The molecule has 0 bridgehead atoms. The molecule has 8 nitrogen and oxygen atoms in total. The van der Waals surface area contributed by atoms with Gasteiger partial charge in [0.05, 0.1) is 9.79 Å². The van der Waals surface area contributed by atoms with Crippen molar-refractivity contribution in [3.05, 3.63) is 133 Å². The van der Waals surface area contributed by atoms with Crippen LogP contribution in [0.4, 0.5) is 35.1 Å². The number of hydrogen-bond acceptors (Lipinski definition) is 10. The number of hydrogen-bond donors (Lipinski definition) is 4. The molecule has 0 heterocycles. The quantitative estimate of drug-likeness (QED) is 0.0277. The molecule has 6 rings (SSSR count). The van der Waals surface area contributed by atoms with Gasteiger partial charge in [0.25, 0.3) is 0 Å². The molecule has 2 aliphatic carbocycles. The molecule has 0 saturated heterocycles. The highest BCUT2D eigenvalue weighted by molar-refractivity contribution is 7.98. The van der Waals surface area contributed by atoms with Crippen LogP contribution in [-0.2, 0) is 11.5 Å². The average Bonchev–Trinajstić information content (AvgIpc) is 3.17. The van der Waals surface area contributed by atoms with Crippen molar-refractivity contribution in [2.45, 2.75) is 74.7 Å². The van der Waals surface area contributed by atoms with E-state index in [1.165, 1.54) is 34.6 Å². The normalized spacial score (nSPS) is 11.9. The zero-order chi connectivity index (χ0) is 44.7. The third-order valence-electron chi connectivity index (χ3n) is 10.2. The van der Waals surface area contributed by atoms with Gasteiger partial charge >= 0.3 is 0 Å². The Morgan fingerprint density at radius 1 is 0.467 bits per heavy atom. The Kier molecular flexibility index (Phi) is 11.5. The highest BCUT2D eigenvalue weighted by atomic mass is 32.2. The maximum Gasteiger partial charge on any atom is 0.230 e. The van der Waals surface area contributed by atoms with Gasteiger partial charge in [-0.25, -0.2) is 35.1 Å². The van der Waals surface area contributed by atoms with Crippen LogP contribution < -0.4 is 21.7 Å². The van der Waals surface area contributed by atoms with Crippen LogP contribution in [0.3, 0.4) is 0 Å². The molecule has 0 unspecified atom stereocenters. The SMILES string of the molecule is Cc1c(-c2c(C)c(=O)c3c(C(C)C)c(=O)c(=O)c(CSc4c(F)c(F)cc(F)c4F)c-3c2=O)c(O)c2c(CSc3c(F)c(F)cc(F)c3F)c(O)c(O)c(C(C)C)c2c1O. The summed E-state index contributed by atoms with van der Waals surface area (Å²) in [6, 6.07) is -0.105. The first-order valence-corrected chi connectivity index (χ1v) is 19.7. The van der Waals surface area contributed by atoms with E-state index in [1.54, 1.807) is 0 Å². The number of aromatic hydroxyl groups is 4. The van der Waals surface area contributed by atoms with Crippen LogP contribution in [0.25, 0.3) is 33.0 Å². The van der Waals surface area contributed by atoms with Crippen molar-refractivity contribution >= 4 is 34.3 Å². The van der Waals surface area contributed by atoms with Gasteiger partial charge in [-0.3, -0.25) is 19.2 Å². The maximum absolute atomic E-state index is 14.9. The highest BCUT2D eigenvalue weighted by Gasteiger charge is 2.35. The largest absolute Gasteiger partial charge is 0.507 e. The lowest BCUT2D eigenvalue weighted by molar-refractivity contribution is 0.395. The van der Waals surface area contributed by atoms with Crippen LogP contribution in [0.1, 0.15) is 72.9 Å². The summed E-state index contributed by atoms with van der Waals surface area (Å²) in [5, 5.41) is 45.6. The van der Waals surface area contributed by atoms with Crippen LogP contribution in [-0.4, -0.2) is 20.4 Å². The zero-order valence-corrected chi connectivity index (χ0v) is 33.6. The second kappa shape index (κ2) is 15.8. The summed E-state index contributed by atoms with van der Waals surface area (Å²) in [7, 11) is 0. The van der Waals surface area contributed by atoms with Crippen molar-refractivity contribution in [3.8, 4) is 45.3 Å². The second-order valence-electron chi connectivity index (χ2n) is 14.5. The second-order valence-corrected chi connectivity index (χ2v) is 16.4. The minimum absolute atomic E-state index is 0.00125. The van der Waals surface area contributed by atoms with Gasteiger partial charge in [-0.05, 0) is 25.7 Å². The summed E-state index contributed by atoms with van der Waals surface area (Å²) in [6.45, 7) is 8.18. The van der Waals surface area contributed by atoms with Gasteiger partial charge < -0.3 is 20.4 Å². The molecule has 0 spiro atoms. The van der Waals surface area contributed by atoms with Gasteiger partial charge in [0.2, 0.25) is 10.9 Å². The van der Waals surface area contributed by atoms with Crippen LogP contribution in [0.15, 0.2) is 41.1 Å². The van der Waals surface area contributed by atoms with E-state index in [2.05, 4.69) is 0 Å². The molecule has 0 saturated carbocycles. The van der Waals surface area contributed by atoms with Gasteiger partial charge in [0.1, 0.15) is 11.5 Å². The van der Waals surface area contributed by atoms with Gasteiger partial charge in [-0.2, -0.15) is 0 Å². The summed E-state index contributed by atoms with van der Waals surface area (Å²) in [4.78, 5) is 54.1. The molecule has 0 radical (unpaired) electrons. The minimum Gasteiger partial charge on any atom is -0.507 e. The van der Waals surface area contributed by atoms with Crippen molar-refractivity contribution in [3.63, 3.8) is 0 Å². The molecule has 60 heavy (non-hydrogen) atoms. The predicted molar refractivity (Wildman–Crippen MR) is 209 cm³/mol. The summed E-state index contributed by atoms with van der Waals surface area (Å²) in [5.41, 5.74) is -10.4. The van der Waals surface area contributed by atoms with Crippen molar-refractivity contribution < 1.29 is 55.5 Å². The number of fused-ring (bicyclic) bond motifs is 2. The maximum atomic E-state index is 14.9. The lowest BCUT2D eigenvalue weighted by Crippen LogP contribution is -2.38. The number of benzene rings is 6. The van der Waals surface area contributed by atoms with Crippen LogP contribution in [0, 0.1) is 60.4 Å². The third-order valence-corrected chi connectivity index (χ3v) is 12.4. The van der Waals surface area contributed by atoms with E-state index in [0.29, 0.717) is 0 Å². The lowest BCUT2D eigenvalue weighted by atomic mass is 9.80. The van der Waals surface area contributed by atoms with Crippen LogP contribution >= 0.6 is 23.5 Å². The molecule has 4 aromatic carbocycles. The van der Waals surface area contributed by atoms with Gasteiger partial charge in [-0.15, -0.1) is 23.5 Å². The molecular weight excluding hydrogens is 849 g/mol. The standard InChI is InChI=1S/C42H30F8O8S2/c1-11(2)21-27-25(15(35(53)39(21)57)9-59-41-29(47)17(43)7-18(44)30(41)48)37(55)23(13(5)33(27)51)24-14(6)34(52)28-22(12(3)4)40(58)36(54)16(26(28)38(24)56)10-60-42-31(49)19(45)8-20(46)32(42)50/h7-8,11-12,51,53,55,57H,9-10H2,1-6H3. The Morgan fingerprint density at radius 2 is 0.917 bits per heavy atom. The van der Waals surface area contributed by atoms with E-state index in [4.69, 9.17) is 0 Å². The zero-order valence-electron chi connectivity index (χ0n) is 32.0. The van der Waals surface area contributed by atoms with E-state index in [1.807, 2.05) is 0 Å². The van der Waals surface area contributed by atoms with E-state index in [-0.39, 0.29) is 52.2 Å². The van der Waals surface area contributed by atoms with Gasteiger partial charge in [0, 0.05) is 90.0 Å². The molecule has 4 N–H and O–H groups in total. The fourth-order valence-electron chi connectivity index (χ4n) is 7.41. The molecule has 0 aliphatic heterocycles. The first-order chi connectivity index (χ1) is 28.0. The molecule has 2 aliphatic rings. The molecule has 0 aromatic heterocycles. The van der Waals surface area contributed by atoms with E-state index in [9.17, 15) is 74.7 Å². The van der Waals surface area contributed by atoms with E-state index in [0.717, 1.165) is 6.92 Å². The Morgan fingerprint density at radius 3 is 1.37 bits per heavy atom. The molecule has 4 aromatic rings. The average molecular weight is 879 g/mol. The first kappa shape index (κ1) is 43.9. The van der Waals surface area contributed by atoms with Crippen LogP contribution in [0.5, 0.6) is 23.0 Å². The molecule has 0 amide bonds. The van der Waals surface area contributed by atoms with Crippen molar-refractivity contribution in [2.75, 3.05) is 0 Å². The number of thioether (sulfide) groups is 2. The summed E-state index contributed by atoms with van der Waals surface area (Å²) < 4.78 is 115. The van der Waals surface area contributed by atoms with Crippen molar-refractivity contribution in [2.24, 2.45) is 0 Å². The first-order valence-electron chi connectivity index (χ1n) is 17.7. The predicted octanol–water partition coefficient (Wildman–Crippen LogP) is 9.31. The van der Waals surface area contributed by atoms with Crippen LogP contribution in [0.2, 0.25) is 0 Å². The molecule has 314 valence electrons. The van der Waals surface area contributed by atoms with E-state index >= 15 is 0 Å². The number of halogens is 8. The monoisotopic (exact) mass is 878 g/mol. The Hall–Kier alpha value is -5.62. The smallest absolute Gasteiger partial charge is 0.230 e. The van der Waals surface area contributed by atoms with E-state index < -0.39 is 174 Å². The molecule has 0 fully saturated rings.